The van der Waals surface area contributed by atoms with Gasteiger partial charge < -0.3 is 9.30 Å². The van der Waals surface area contributed by atoms with Gasteiger partial charge in [0.15, 0.2) is 0 Å². The Bertz CT molecular complexity index is 500. The summed E-state index contributed by atoms with van der Waals surface area (Å²) in [5.41, 5.74) is 1.23. The fraction of sp³-hybridized carbons (Fsp3) is 0.353. The molecular formula is C17H22N2O. The average molecular weight is 270 g/mol. The molecule has 0 aliphatic carbocycles. The zero-order valence-corrected chi connectivity index (χ0v) is 12.0. The van der Waals surface area contributed by atoms with Crippen molar-refractivity contribution in [1.82, 2.24) is 9.55 Å². The van der Waals surface area contributed by atoms with E-state index in [2.05, 4.69) is 33.8 Å². The van der Waals surface area contributed by atoms with Crippen molar-refractivity contribution in [3.05, 3.63) is 54.6 Å². The van der Waals surface area contributed by atoms with Crippen LogP contribution in [-0.4, -0.2) is 16.7 Å². The average Bonchev–Trinajstić information content (AvgIpc) is 3.00. The first-order valence-corrected chi connectivity index (χ1v) is 7.15. The molecule has 3 heteroatoms. The van der Waals surface area contributed by atoms with Crippen LogP contribution < -0.4 is 4.74 Å². The van der Waals surface area contributed by atoms with E-state index in [1.54, 1.807) is 7.11 Å². The van der Waals surface area contributed by atoms with Gasteiger partial charge in [-0.2, -0.15) is 0 Å². The zero-order chi connectivity index (χ0) is 14.0. The third kappa shape index (κ3) is 4.92. The molecule has 2 rings (SSSR count). The SMILES string of the molecule is COc1ccc(/C=C/CCCCCn2ccnc2)cc1. The zero-order valence-electron chi connectivity index (χ0n) is 12.0. The van der Waals surface area contributed by atoms with Crippen LogP contribution in [-0.2, 0) is 6.54 Å². The van der Waals surface area contributed by atoms with Gasteiger partial charge in [0.05, 0.1) is 13.4 Å². The molecule has 20 heavy (non-hydrogen) atoms. The predicted molar refractivity (Wildman–Crippen MR) is 82.7 cm³/mol. The van der Waals surface area contributed by atoms with Crippen LogP contribution in [0.5, 0.6) is 5.75 Å². The van der Waals surface area contributed by atoms with Crippen LogP contribution in [0.3, 0.4) is 0 Å². The van der Waals surface area contributed by atoms with Gasteiger partial charge >= 0.3 is 0 Å². The van der Waals surface area contributed by atoms with Crippen LogP contribution in [0.4, 0.5) is 0 Å². The Labute approximate surface area is 120 Å². The van der Waals surface area contributed by atoms with E-state index in [1.165, 1.54) is 24.8 Å². The minimum Gasteiger partial charge on any atom is -0.497 e. The van der Waals surface area contributed by atoms with Crippen molar-refractivity contribution < 1.29 is 4.74 Å². The summed E-state index contributed by atoms with van der Waals surface area (Å²) in [6, 6.07) is 8.14. The van der Waals surface area contributed by atoms with Crippen LogP contribution in [0, 0.1) is 0 Å². The number of aryl methyl sites for hydroxylation is 1. The summed E-state index contributed by atoms with van der Waals surface area (Å²) in [5.74, 6) is 0.904. The van der Waals surface area contributed by atoms with Crippen molar-refractivity contribution in [2.75, 3.05) is 7.11 Å². The van der Waals surface area contributed by atoms with Gasteiger partial charge in [0, 0.05) is 18.9 Å². The second-order valence-corrected chi connectivity index (χ2v) is 4.83. The molecule has 2 aromatic rings. The first-order valence-electron chi connectivity index (χ1n) is 7.15. The molecule has 0 fully saturated rings. The molecule has 0 spiro atoms. The fourth-order valence-corrected chi connectivity index (χ4v) is 2.09. The lowest BCUT2D eigenvalue weighted by molar-refractivity contribution is 0.415. The highest BCUT2D eigenvalue weighted by molar-refractivity contribution is 5.50. The Morgan fingerprint density at radius 2 is 2.00 bits per heavy atom. The normalized spacial score (nSPS) is 11.1. The van der Waals surface area contributed by atoms with E-state index in [1.807, 2.05) is 30.9 Å². The van der Waals surface area contributed by atoms with Crippen molar-refractivity contribution in [3.8, 4) is 5.75 Å². The molecule has 0 saturated carbocycles. The standard InChI is InChI=1S/C17H22N2O/c1-20-17-10-8-16(9-11-17)7-5-3-2-4-6-13-19-14-12-18-15-19/h5,7-12,14-15H,2-4,6,13H2,1H3/b7-5+. The third-order valence-corrected chi connectivity index (χ3v) is 3.27. The van der Waals surface area contributed by atoms with Gasteiger partial charge in [0.2, 0.25) is 0 Å². The van der Waals surface area contributed by atoms with E-state index in [-0.39, 0.29) is 0 Å². The van der Waals surface area contributed by atoms with E-state index in [9.17, 15) is 0 Å². The van der Waals surface area contributed by atoms with Gasteiger partial charge in [-0.3, -0.25) is 0 Å². The van der Waals surface area contributed by atoms with E-state index in [4.69, 9.17) is 4.74 Å². The summed E-state index contributed by atoms with van der Waals surface area (Å²) in [7, 11) is 1.69. The Kier molecular flexibility index (Phi) is 5.90. The molecule has 3 nitrogen and oxygen atoms in total. The molecular weight excluding hydrogens is 248 g/mol. The van der Waals surface area contributed by atoms with E-state index in [0.717, 1.165) is 18.7 Å². The lowest BCUT2D eigenvalue weighted by Crippen LogP contribution is -1.93. The number of imidazole rings is 1. The Balaban J connectivity index is 1.59. The number of allylic oxidation sites excluding steroid dienone is 1. The maximum absolute atomic E-state index is 5.14. The molecule has 1 aromatic carbocycles. The number of methoxy groups -OCH3 is 1. The van der Waals surface area contributed by atoms with Crippen molar-refractivity contribution in [2.45, 2.75) is 32.2 Å². The highest BCUT2D eigenvalue weighted by Crippen LogP contribution is 2.13. The maximum atomic E-state index is 5.14. The number of hydrogen-bond donors (Lipinski definition) is 0. The first kappa shape index (κ1) is 14.4. The van der Waals surface area contributed by atoms with Gasteiger partial charge in [-0.05, 0) is 37.0 Å². The van der Waals surface area contributed by atoms with Gasteiger partial charge in [-0.1, -0.05) is 30.7 Å². The summed E-state index contributed by atoms with van der Waals surface area (Å²) in [6.07, 6.45) is 15.0. The van der Waals surface area contributed by atoms with Crippen molar-refractivity contribution in [1.29, 1.82) is 0 Å². The van der Waals surface area contributed by atoms with Crippen LogP contribution in [0.15, 0.2) is 49.1 Å². The second kappa shape index (κ2) is 8.20. The van der Waals surface area contributed by atoms with Crippen LogP contribution in [0.2, 0.25) is 0 Å². The van der Waals surface area contributed by atoms with Gasteiger partial charge in [0.1, 0.15) is 5.75 Å². The lowest BCUT2D eigenvalue weighted by Gasteiger charge is -2.01. The largest absolute Gasteiger partial charge is 0.497 e. The number of aromatic nitrogens is 2. The molecule has 0 unspecified atom stereocenters. The number of ether oxygens (including phenoxy) is 1. The number of rotatable bonds is 8. The van der Waals surface area contributed by atoms with E-state index >= 15 is 0 Å². The number of benzene rings is 1. The summed E-state index contributed by atoms with van der Waals surface area (Å²) < 4.78 is 7.27. The lowest BCUT2D eigenvalue weighted by atomic mass is 10.1. The quantitative estimate of drug-likeness (QED) is 0.673. The van der Waals surface area contributed by atoms with Crippen LogP contribution >= 0.6 is 0 Å². The molecule has 0 N–H and O–H groups in total. The second-order valence-electron chi connectivity index (χ2n) is 4.83. The minimum absolute atomic E-state index is 0.904. The van der Waals surface area contributed by atoms with Crippen molar-refractivity contribution in [2.24, 2.45) is 0 Å². The third-order valence-electron chi connectivity index (χ3n) is 3.27. The summed E-state index contributed by atoms with van der Waals surface area (Å²) in [5, 5.41) is 0. The van der Waals surface area contributed by atoms with Gasteiger partial charge in [0.25, 0.3) is 0 Å². The summed E-state index contributed by atoms with van der Waals surface area (Å²) in [4.78, 5) is 4.04. The van der Waals surface area contributed by atoms with Crippen LogP contribution in [0.1, 0.15) is 31.2 Å². The number of unbranched alkanes of at least 4 members (excludes halogenated alkanes) is 3. The number of nitrogens with zero attached hydrogens (tertiary/aromatic N) is 2. The highest BCUT2D eigenvalue weighted by atomic mass is 16.5. The van der Waals surface area contributed by atoms with E-state index in [0.29, 0.717) is 0 Å². The molecule has 0 amide bonds. The van der Waals surface area contributed by atoms with Gasteiger partial charge in [-0.15, -0.1) is 0 Å². The molecule has 1 heterocycles. The Morgan fingerprint density at radius 3 is 2.70 bits per heavy atom. The maximum Gasteiger partial charge on any atom is 0.118 e. The highest BCUT2D eigenvalue weighted by Gasteiger charge is 1.92. The summed E-state index contributed by atoms with van der Waals surface area (Å²) in [6.45, 7) is 1.07. The molecule has 1 aromatic heterocycles. The smallest absolute Gasteiger partial charge is 0.118 e. The Morgan fingerprint density at radius 1 is 1.15 bits per heavy atom. The topological polar surface area (TPSA) is 27.1 Å². The fourth-order valence-electron chi connectivity index (χ4n) is 2.09. The van der Waals surface area contributed by atoms with Gasteiger partial charge in [-0.25, -0.2) is 4.98 Å². The molecule has 0 aliphatic heterocycles. The van der Waals surface area contributed by atoms with Crippen LogP contribution in [0.25, 0.3) is 6.08 Å². The molecule has 106 valence electrons. The molecule has 0 radical (unpaired) electrons. The van der Waals surface area contributed by atoms with Crippen molar-refractivity contribution in [3.63, 3.8) is 0 Å². The molecule has 0 atom stereocenters. The first-order chi connectivity index (χ1) is 9.88. The molecule has 0 saturated heterocycles. The monoisotopic (exact) mass is 270 g/mol. The molecule has 0 aliphatic rings. The van der Waals surface area contributed by atoms with Crippen molar-refractivity contribution >= 4 is 6.08 Å². The number of hydrogen-bond acceptors (Lipinski definition) is 2. The summed E-state index contributed by atoms with van der Waals surface area (Å²) >= 11 is 0. The molecule has 0 bridgehead atoms. The predicted octanol–water partition coefficient (Wildman–Crippen LogP) is 4.17. The van der Waals surface area contributed by atoms with E-state index < -0.39 is 0 Å². The Hall–Kier alpha value is -2.03. The minimum atomic E-state index is 0.904.